The number of rotatable bonds is 7. The summed E-state index contributed by atoms with van der Waals surface area (Å²) >= 11 is 0. The third-order valence-electron chi connectivity index (χ3n) is 2.84. The summed E-state index contributed by atoms with van der Waals surface area (Å²) in [6, 6.07) is 5.96. The molecule has 0 unspecified atom stereocenters. The molecule has 0 aliphatic heterocycles. The number of carbonyl (C=O) groups excluding carboxylic acids is 1. The number of hydrogen-bond acceptors (Lipinski definition) is 3. The highest BCUT2D eigenvalue weighted by molar-refractivity contribution is 5.93. The zero-order chi connectivity index (χ0) is 14.3. The van der Waals surface area contributed by atoms with Crippen LogP contribution in [-0.2, 0) is 4.79 Å². The maximum atomic E-state index is 12.0. The largest absolute Gasteiger partial charge is 0.395 e. The van der Waals surface area contributed by atoms with E-state index in [0.717, 1.165) is 16.8 Å². The summed E-state index contributed by atoms with van der Waals surface area (Å²) in [7, 11) is 0. The molecule has 0 saturated carbocycles. The number of aliphatic hydroxyl groups is 1. The molecule has 1 rings (SSSR count). The predicted molar refractivity (Wildman–Crippen MR) is 78.3 cm³/mol. The lowest BCUT2D eigenvalue weighted by atomic mass is 10.1. The fraction of sp³-hybridized carbons (Fsp3) is 0.400. The minimum Gasteiger partial charge on any atom is -0.395 e. The van der Waals surface area contributed by atoms with E-state index in [4.69, 9.17) is 5.11 Å². The van der Waals surface area contributed by atoms with Crippen LogP contribution in [0.3, 0.4) is 0 Å². The Morgan fingerprint density at radius 1 is 1.47 bits per heavy atom. The van der Waals surface area contributed by atoms with Crippen LogP contribution in [-0.4, -0.2) is 42.2 Å². The molecule has 4 heteroatoms. The third kappa shape index (κ3) is 5.24. The second-order valence-corrected chi connectivity index (χ2v) is 4.61. The summed E-state index contributed by atoms with van der Waals surface area (Å²) in [5, 5.41) is 11.8. The Balaban J connectivity index is 2.63. The average molecular weight is 262 g/mol. The lowest BCUT2D eigenvalue weighted by molar-refractivity contribution is -0.117. The number of amides is 1. The van der Waals surface area contributed by atoms with Gasteiger partial charge in [0.25, 0.3) is 0 Å². The summed E-state index contributed by atoms with van der Waals surface area (Å²) in [6.45, 7) is 8.93. The first-order valence-corrected chi connectivity index (χ1v) is 6.38. The molecule has 4 nitrogen and oxygen atoms in total. The predicted octanol–water partition coefficient (Wildman–Crippen LogP) is 1.72. The number of aryl methyl sites for hydroxylation is 2. The Hall–Kier alpha value is -1.65. The van der Waals surface area contributed by atoms with Crippen LogP contribution in [0, 0.1) is 13.8 Å². The molecule has 0 spiro atoms. The molecule has 0 atom stereocenters. The maximum Gasteiger partial charge on any atom is 0.238 e. The van der Waals surface area contributed by atoms with Crippen LogP contribution in [0.15, 0.2) is 30.9 Å². The quantitative estimate of drug-likeness (QED) is 0.736. The molecule has 0 heterocycles. The number of carbonyl (C=O) groups is 1. The van der Waals surface area contributed by atoms with Gasteiger partial charge < -0.3 is 10.4 Å². The Morgan fingerprint density at radius 2 is 2.21 bits per heavy atom. The summed E-state index contributed by atoms with van der Waals surface area (Å²) in [5.74, 6) is -0.0796. The standard InChI is InChI=1S/C15H22N2O2/c1-4-7-17(8-9-18)11-15(19)16-14-10-12(2)5-6-13(14)3/h4-6,10,18H,1,7-9,11H2,2-3H3,(H,16,19). The molecule has 0 saturated heterocycles. The van der Waals surface area contributed by atoms with Gasteiger partial charge in [-0.15, -0.1) is 6.58 Å². The highest BCUT2D eigenvalue weighted by Crippen LogP contribution is 2.16. The zero-order valence-corrected chi connectivity index (χ0v) is 11.6. The van der Waals surface area contributed by atoms with Crippen molar-refractivity contribution in [3.8, 4) is 0 Å². The molecular formula is C15H22N2O2. The molecule has 2 N–H and O–H groups in total. The van der Waals surface area contributed by atoms with Crippen molar-refractivity contribution in [3.63, 3.8) is 0 Å². The Morgan fingerprint density at radius 3 is 2.84 bits per heavy atom. The van der Waals surface area contributed by atoms with Crippen molar-refractivity contribution in [1.29, 1.82) is 0 Å². The number of anilines is 1. The summed E-state index contributed by atoms with van der Waals surface area (Å²) < 4.78 is 0. The Labute approximate surface area is 114 Å². The molecule has 0 aromatic heterocycles. The van der Waals surface area contributed by atoms with E-state index in [0.29, 0.717) is 13.1 Å². The van der Waals surface area contributed by atoms with Gasteiger partial charge in [-0.05, 0) is 31.0 Å². The maximum absolute atomic E-state index is 12.0. The molecule has 1 aromatic carbocycles. The first-order valence-electron chi connectivity index (χ1n) is 6.38. The van der Waals surface area contributed by atoms with Crippen LogP contribution in [0.1, 0.15) is 11.1 Å². The van der Waals surface area contributed by atoms with E-state index >= 15 is 0 Å². The minimum absolute atomic E-state index is 0.0323. The van der Waals surface area contributed by atoms with Gasteiger partial charge in [0.15, 0.2) is 0 Å². The molecule has 0 fully saturated rings. The van der Waals surface area contributed by atoms with Gasteiger partial charge in [-0.2, -0.15) is 0 Å². The highest BCUT2D eigenvalue weighted by Gasteiger charge is 2.10. The molecule has 0 radical (unpaired) electrons. The van der Waals surface area contributed by atoms with Gasteiger partial charge in [0.1, 0.15) is 0 Å². The van der Waals surface area contributed by atoms with Gasteiger partial charge in [0.2, 0.25) is 5.91 Å². The van der Waals surface area contributed by atoms with Crippen LogP contribution in [0.2, 0.25) is 0 Å². The second kappa shape index (κ2) is 7.71. The SMILES string of the molecule is C=CCN(CCO)CC(=O)Nc1cc(C)ccc1C. The monoisotopic (exact) mass is 262 g/mol. The molecule has 0 aliphatic carbocycles. The van der Waals surface area contributed by atoms with Gasteiger partial charge in [0.05, 0.1) is 13.2 Å². The van der Waals surface area contributed by atoms with E-state index in [2.05, 4.69) is 11.9 Å². The van der Waals surface area contributed by atoms with Crippen molar-refractivity contribution in [1.82, 2.24) is 4.90 Å². The summed E-state index contributed by atoms with van der Waals surface area (Å²) in [5.41, 5.74) is 2.99. The molecule has 0 aliphatic rings. The Bertz CT molecular complexity index is 444. The summed E-state index contributed by atoms with van der Waals surface area (Å²) in [4.78, 5) is 13.8. The second-order valence-electron chi connectivity index (χ2n) is 4.61. The topological polar surface area (TPSA) is 52.6 Å². The van der Waals surface area contributed by atoms with Gasteiger partial charge >= 0.3 is 0 Å². The number of benzene rings is 1. The lowest BCUT2D eigenvalue weighted by Gasteiger charge is -2.19. The number of nitrogens with one attached hydrogen (secondary N) is 1. The number of hydrogen-bond donors (Lipinski definition) is 2. The van der Waals surface area contributed by atoms with Crippen molar-refractivity contribution in [2.24, 2.45) is 0 Å². The smallest absolute Gasteiger partial charge is 0.238 e. The Kier molecular flexibility index (Phi) is 6.25. The van der Waals surface area contributed by atoms with E-state index < -0.39 is 0 Å². The highest BCUT2D eigenvalue weighted by atomic mass is 16.3. The third-order valence-corrected chi connectivity index (χ3v) is 2.84. The van der Waals surface area contributed by atoms with Crippen molar-refractivity contribution in [2.45, 2.75) is 13.8 Å². The fourth-order valence-corrected chi connectivity index (χ4v) is 1.82. The normalized spacial score (nSPS) is 10.5. The van der Waals surface area contributed by atoms with Crippen molar-refractivity contribution < 1.29 is 9.90 Å². The van der Waals surface area contributed by atoms with Gasteiger partial charge in [0, 0.05) is 18.8 Å². The van der Waals surface area contributed by atoms with Crippen LogP contribution in [0.5, 0.6) is 0 Å². The van der Waals surface area contributed by atoms with Gasteiger partial charge in [-0.1, -0.05) is 18.2 Å². The van der Waals surface area contributed by atoms with Crippen molar-refractivity contribution in [2.75, 3.05) is 31.6 Å². The van der Waals surface area contributed by atoms with Crippen molar-refractivity contribution >= 4 is 11.6 Å². The zero-order valence-electron chi connectivity index (χ0n) is 11.6. The molecular weight excluding hydrogens is 240 g/mol. The molecule has 104 valence electrons. The average Bonchev–Trinajstić information content (AvgIpc) is 2.34. The number of aliphatic hydroxyl groups excluding tert-OH is 1. The van der Waals surface area contributed by atoms with E-state index in [9.17, 15) is 4.79 Å². The molecule has 19 heavy (non-hydrogen) atoms. The van der Waals surface area contributed by atoms with Crippen LogP contribution in [0.4, 0.5) is 5.69 Å². The van der Waals surface area contributed by atoms with Crippen LogP contribution >= 0.6 is 0 Å². The van der Waals surface area contributed by atoms with Gasteiger partial charge in [-0.3, -0.25) is 9.69 Å². The summed E-state index contributed by atoms with van der Waals surface area (Å²) in [6.07, 6.45) is 1.72. The van der Waals surface area contributed by atoms with E-state index in [1.165, 1.54) is 0 Å². The van der Waals surface area contributed by atoms with Crippen LogP contribution in [0.25, 0.3) is 0 Å². The molecule has 0 bridgehead atoms. The first-order chi connectivity index (χ1) is 9.06. The van der Waals surface area contributed by atoms with Crippen LogP contribution < -0.4 is 5.32 Å². The van der Waals surface area contributed by atoms with E-state index in [1.807, 2.05) is 36.9 Å². The molecule has 1 amide bonds. The lowest BCUT2D eigenvalue weighted by Crippen LogP contribution is -2.35. The van der Waals surface area contributed by atoms with Crippen molar-refractivity contribution in [3.05, 3.63) is 42.0 Å². The minimum atomic E-state index is -0.0796. The molecule has 1 aromatic rings. The van der Waals surface area contributed by atoms with E-state index in [-0.39, 0.29) is 19.1 Å². The fourth-order valence-electron chi connectivity index (χ4n) is 1.82. The van der Waals surface area contributed by atoms with Gasteiger partial charge in [-0.25, -0.2) is 0 Å². The van der Waals surface area contributed by atoms with E-state index in [1.54, 1.807) is 6.08 Å². The first kappa shape index (κ1) is 15.4. The number of nitrogens with zero attached hydrogens (tertiary/aromatic N) is 1.